The largest absolute Gasteiger partial charge is 0.465 e. The number of esters is 1. The Morgan fingerprint density at radius 3 is 2.58 bits per heavy atom. The van der Waals surface area contributed by atoms with E-state index in [9.17, 15) is 14.0 Å². The van der Waals surface area contributed by atoms with E-state index in [-0.39, 0.29) is 11.7 Å². The van der Waals surface area contributed by atoms with Crippen LogP contribution in [0.2, 0.25) is 0 Å². The third kappa shape index (κ3) is 3.44. The number of benzene rings is 2. The van der Waals surface area contributed by atoms with Crippen LogP contribution in [0.1, 0.15) is 25.6 Å². The summed E-state index contributed by atoms with van der Waals surface area (Å²) < 4.78 is 18.7. The monoisotopic (exact) mass is 343 g/mol. The Morgan fingerprint density at radius 2 is 1.88 bits per heavy atom. The van der Waals surface area contributed by atoms with Crippen LogP contribution in [0.3, 0.4) is 0 Å². The molecule has 24 heavy (non-hydrogen) atoms. The molecule has 6 heteroatoms. The second-order valence-corrected chi connectivity index (χ2v) is 6.25. The van der Waals surface area contributed by atoms with Crippen LogP contribution in [0.25, 0.3) is 10.1 Å². The van der Waals surface area contributed by atoms with E-state index < -0.39 is 5.97 Å². The molecule has 0 atom stereocenters. The molecule has 3 rings (SSSR count). The van der Waals surface area contributed by atoms with Crippen LogP contribution >= 0.6 is 11.3 Å². The summed E-state index contributed by atoms with van der Waals surface area (Å²) >= 11 is 1.32. The van der Waals surface area contributed by atoms with Crippen LogP contribution in [0.4, 0.5) is 4.39 Å². The molecule has 0 aliphatic heterocycles. The highest BCUT2D eigenvalue weighted by molar-refractivity contribution is 7.20. The number of amides is 1. The standard InChI is InChI=1S/C18H14FNO3S/c1-23-18(22)12-4-2-11(3-5-12)10-20-17(21)16-9-13-8-14(19)6-7-15(13)24-16/h2-9H,10H2,1H3,(H,20,21). The van der Waals surface area contributed by atoms with Crippen molar-refractivity contribution in [1.82, 2.24) is 5.32 Å². The van der Waals surface area contributed by atoms with Crippen LogP contribution < -0.4 is 5.32 Å². The number of nitrogens with one attached hydrogen (secondary N) is 1. The highest BCUT2D eigenvalue weighted by Crippen LogP contribution is 2.26. The molecule has 0 bridgehead atoms. The summed E-state index contributed by atoms with van der Waals surface area (Å²) in [7, 11) is 1.33. The van der Waals surface area contributed by atoms with Gasteiger partial charge in [0.1, 0.15) is 5.82 Å². The van der Waals surface area contributed by atoms with Crippen LogP contribution in [0.5, 0.6) is 0 Å². The summed E-state index contributed by atoms with van der Waals surface area (Å²) in [6.07, 6.45) is 0. The van der Waals surface area contributed by atoms with Gasteiger partial charge in [0.05, 0.1) is 17.6 Å². The first kappa shape index (κ1) is 16.1. The topological polar surface area (TPSA) is 55.4 Å². The van der Waals surface area contributed by atoms with Crippen molar-refractivity contribution in [2.24, 2.45) is 0 Å². The van der Waals surface area contributed by atoms with Crippen molar-refractivity contribution in [2.45, 2.75) is 6.54 Å². The lowest BCUT2D eigenvalue weighted by Crippen LogP contribution is -2.21. The summed E-state index contributed by atoms with van der Waals surface area (Å²) in [5.74, 6) is -0.935. The lowest BCUT2D eigenvalue weighted by Gasteiger charge is -2.05. The van der Waals surface area contributed by atoms with E-state index in [1.807, 2.05) is 0 Å². The van der Waals surface area contributed by atoms with Gasteiger partial charge in [-0.1, -0.05) is 12.1 Å². The van der Waals surface area contributed by atoms with Gasteiger partial charge in [-0.2, -0.15) is 0 Å². The molecule has 3 aromatic rings. The molecular weight excluding hydrogens is 329 g/mol. The molecule has 0 saturated carbocycles. The summed E-state index contributed by atoms with van der Waals surface area (Å²) in [5, 5.41) is 3.53. The fourth-order valence-corrected chi connectivity index (χ4v) is 3.23. The van der Waals surface area contributed by atoms with Gasteiger partial charge in [-0.3, -0.25) is 4.79 Å². The highest BCUT2D eigenvalue weighted by Gasteiger charge is 2.11. The third-order valence-electron chi connectivity index (χ3n) is 3.53. The third-order valence-corrected chi connectivity index (χ3v) is 4.65. The van der Waals surface area contributed by atoms with Gasteiger partial charge < -0.3 is 10.1 Å². The summed E-state index contributed by atoms with van der Waals surface area (Å²) in [6, 6.07) is 12.9. The maximum absolute atomic E-state index is 13.2. The van der Waals surface area contributed by atoms with Crippen LogP contribution in [-0.2, 0) is 11.3 Å². The molecule has 1 N–H and O–H groups in total. The minimum atomic E-state index is -0.400. The molecule has 0 spiro atoms. The molecule has 1 amide bonds. The first-order chi connectivity index (χ1) is 11.6. The van der Waals surface area contributed by atoms with Gasteiger partial charge in [0.15, 0.2) is 0 Å². The fraction of sp³-hybridized carbons (Fsp3) is 0.111. The van der Waals surface area contributed by atoms with E-state index in [2.05, 4.69) is 10.1 Å². The number of hydrogen-bond donors (Lipinski definition) is 1. The summed E-state index contributed by atoms with van der Waals surface area (Å²) in [4.78, 5) is 24.1. The van der Waals surface area contributed by atoms with Crippen molar-refractivity contribution in [3.05, 3.63) is 70.4 Å². The molecular formula is C18H14FNO3S. The van der Waals surface area contributed by atoms with Crippen molar-refractivity contribution in [3.63, 3.8) is 0 Å². The van der Waals surface area contributed by atoms with Gasteiger partial charge in [0.25, 0.3) is 5.91 Å². The number of methoxy groups -OCH3 is 1. The van der Waals surface area contributed by atoms with E-state index in [0.717, 1.165) is 10.3 Å². The van der Waals surface area contributed by atoms with Gasteiger partial charge in [0.2, 0.25) is 0 Å². The molecule has 1 heterocycles. The van der Waals surface area contributed by atoms with Gasteiger partial charge in [0, 0.05) is 11.2 Å². The van der Waals surface area contributed by atoms with Crippen molar-refractivity contribution >= 4 is 33.3 Å². The van der Waals surface area contributed by atoms with E-state index in [0.29, 0.717) is 22.4 Å². The van der Waals surface area contributed by atoms with E-state index in [1.165, 1.54) is 30.6 Å². The molecule has 0 radical (unpaired) electrons. The van der Waals surface area contributed by atoms with Crippen LogP contribution in [0, 0.1) is 5.82 Å². The zero-order chi connectivity index (χ0) is 17.1. The van der Waals surface area contributed by atoms with E-state index in [4.69, 9.17) is 0 Å². The maximum atomic E-state index is 13.2. The first-order valence-corrected chi connectivity index (χ1v) is 8.03. The molecule has 4 nitrogen and oxygen atoms in total. The number of carbonyl (C=O) groups is 2. The zero-order valence-corrected chi connectivity index (χ0v) is 13.7. The second kappa shape index (κ2) is 6.80. The number of carbonyl (C=O) groups excluding carboxylic acids is 2. The fourth-order valence-electron chi connectivity index (χ4n) is 2.27. The Balaban J connectivity index is 1.67. The van der Waals surface area contributed by atoms with Crippen molar-refractivity contribution in [2.75, 3.05) is 7.11 Å². The maximum Gasteiger partial charge on any atom is 0.337 e. The number of hydrogen-bond acceptors (Lipinski definition) is 4. The molecule has 0 aliphatic carbocycles. The Hall–Kier alpha value is -2.73. The first-order valence-electron chi connectivity index (χ1n) is 7.21. The molecule has 1 aromatic heterocycles. The van der Waals surface area contributed by atoms with E-state index >= 15 is 0 Å². The van der Waals surface area contributed by atoms with Gasteiger partial charge in [-0.15, -0.1) is 11.3 Å². The lowest BCUT2D eigenvalue weighted by atomic mass is 10.1. The SMILES string of the molecule is COC(=O)c1ccc(CNC(=O)c2cc3cc(F)ccc3s2)cc1. The number of fused-ring (bicyclic) bond motifs is 1. The van der Waals surface area contributed by atoms with Crippen molar-refractivity contribution in [1.29, 1.82) is 0 Å². The minimum Gasteiger partial charge on any atom is -0.465 e. The smallest absolute Gasteiger partial charge is 0.337 e. The Bertz CT molecular complexity index is 902. The quantitative estimate of drug-likeness (QED) is 0.734. The van der Waals surface area contributed by atoms with Gasteiger partial charge in [-0.05, 0) is 47.3 Å². The second-order valence-electron chi connectivity index (χ2n) is 5.16. The van der Waals surface area contributed by atoms with Gasteiger partial charge >= 0.3 is 5.97 Å². The molecule has 122 valence electrons. The van der Waals surface area contributed by atoms with Crippen LogP contribution in [0.15, 0.2) is 48.5 Å². The molecule has 0 aliphatic rings. The predicted molar refractivity (Wildman–Crippen MR) is 90.7 cm³/mol. The molecule has 0 saturated heterocycles. The number of ether oxygens (including phenoxy) is 1. The lowest BCUT2D eigenvalue weighted by molar-refractivity contribution is 0.0600. The summed E-state index contributed by atoms with van der Waals surface area (Å²) in [5.41, 5.74) is 1.32. The normalized spacial score (nSPS) is 10.6. The average Bonchev–Trinajstić information content (AvgIpc) is 3.02. The molecule has 2 aromatic carbocycles. The van der Waals surface area contributed by atoms with Gasteiger partial charge in [-0.25, -0.2) is 9.18 Å². The average molecular weight is 343 g/mol. The summed E-state index contributed by atoms with van der Waals surface area (Å²) in [6.45, 7) is 0.336. The van der Waals surface area contributed by atoms with Crippen molar-refractivity contribution in [3.8, 4) is 0 Å². The highest BCUT2D eigenvalue weighted by atomic mass is 32.1. The zero-order valence-electron chi connectivity index (χ0n) is 12.8. The van der Waals surface area contributed by atoms with Crippen LogP contribution in [-0.4, -0.2) is 19.0 Å². The predicted octanol–water partition coefficient (Wildman–Crippen LogP) is 3.76. The number of rotatable bonds is 4. The Labute approximate surface area is 141 Å². The number of thiophene rings is 1. The Kier molecular flexibility index (Phi) is 4.57. The Morgan fingerprint density at radius 1 is 1.12 bits per heavy atom. The number of halogens is 1. The molecule has 0 fully saturated rings. The van der Waals surface area contributed by atoms with Crippen molar-refractivity contribution < 1.29 is 18.7 Å². The van der Waals surface area contributed by atoms with E-state index in [1.54, 1.807) is 36.4 Å². The molecule has 0 unspecified atom stereocenters. The minimum absolute atomic E-state index is 0.214.